The molecule has 1 unspecified atom stereocenters. The minimum absolute atomic E-state index is 0. The summed E-state index contributed by atoms with van der Waals surface area (Å²) >= 11 is 5.97. The Hall–Kier alpha value is -1.86. The number of imidazole rings is 1. The van der Waals surface area contributed by atoms with Crippen LogP contribution in [-0.2, 0) is 4.74 Å². The maximum atomic E-state index is 5.97. The molecule has 8 heteroatoms. The first-order chi connectivity index (χ1) is 12.7. The van der Waals surface area contributed by atoms with Gasteiger partial charge in [-0.05, 0) is 31.2 Å². The van der Waals surface area contributed by atoms with Crippen LogP contribution < -0.4 is 0 Å². The lowest BCUT2D eigenvalue weighted by molar-refractivity contribution is 0.0326. The van der Waals surface area contributed by atoms with Gasteiger partial charge in [-0.3, -0.25) is 4.90 Å². The van der Waals surface area contributed by atoms with Crippen molar-refractivity contribution in [3.8, 4) is 16.9 Å². The molecule has 4 rings (SSSR count). The van der Waals surface area contributed by atoms with Crippen molar-refractivity contribution < 1.29 is 4.74 Å². The first kappa shape index (κ1) is 19.9. The molecule has 3 aromatic rings. The van der Waals surface area contributed by atoms with Crippen LogP contribution in [0, 0.1) is 0 Å². The number of hydrogen-bond acceptors (Lipinski definition) is 4. The topological polar surface area (TPSA) is 48.1 Å². The number of aromatic nitrogens is 4. The molecule has 144 valence electrons. The molecule has 6 nitrogen and oxygen atoms in total. The standard InChI is InChI=1S/C19H22ClN5O.ClH/c1-15(12-23-6-8-26-9-7-23)24-14-21-11-19(24)16-10-22-25(13-16)18-4-2-17(20)3-5-18;/h2-5,10-11,13-15H,6-9,12H2,1H3;1H. The van der Waals surface area contributed by atoms with Crippen molar-refractivity contribution >= 4 is 24.0 Å². The van der Waals surface area contributed by atoms with Crippen molar-refractivity contribution in [1.82, 2.24) is 24.2 Å². The number of benzene rings is 1. The zero-order valence-electron chi connectivity index (χ0n) is 15.2. The minimum Gasteiger partial charge on any atom is -0.379 e. The molecule has 0 N–H and O–H groups in total. The summed E-state index contributed by atoms with van der Waals surface area (Å²) < 4.78 is 9.51. The normalized spacial score (nSPS) is 16.1. The smallest absolute Gasteiger partial charge is 0.0953 e. The fraction of sp³-hybridized carbons (Fsp3) is 0.368. The average molecular weight is 408 g/mol. The Morgan fingerprint density at radius 2 is 1.89 bits per heavy atom. The van der Waals surface area contributed by atoms with E-state index in [1.54, 1.807) is 0 Å². The molecule has 1 fully saturated rings. The van der Waals surface area contributed by atoms with Gasteiger partial charge in [0, 0.05) is 42.5 Å². The van der Waals surface area contributed by atoms with Gasteiger partial charge >= 0.3 is 0 Å². The van der Waals surface area contributed by atoms with E-state index in [2.05, 4.69) is 26.5 Å². The van der Waals surface area contributed by atoms with Crippen molar-refractivity contribution in [3.05, 3.63) is 54.2 Å². The van der Waals surface area contributed by atoms with Crippen molar-refractivity contribution in [2.24, 2.45) is 0 Å². The van der Waals surface area contributed by atoms with Gasteiger partial charge in [-0.15, -0.1) is 12.4 Å². The van der Waals surface area contributed by atoms with Crippen LogP contribution in [0.1, 0.15) is 13.0 Å². The van der Waals surface area contributed by atoms with Crippen LogP contribution in [0.2, 0.25) is 5.02 Å². The molecule has 27 heavy (non-hydrogen) atoms. The molecule has 1 aliphatic rings. The van der Waals surface area contributed by atoms with E-state index in [4.69, 9.17) is 16.3 Å². The molecule has 1 atom stereocenters. The fourth-order valence-electron chi connectivity index (χ4n) is 3.31. The van der Waals surface area contributed by atoms with Crippen LogP contribution in [0.4, 0.5) is 0 Å². The van der Waals surface area contributed by atoms with Crippen LogP contribution >= 0.6 is 24.0 Å². The molecule has 1 aromatic carbocycles. The first-order valence-corrected chi connectivity index (χ1v) is 9.21. The molecule has 1 aliphatic heterocycles. The molecule has 1 saturated heterocycles. The molecule has 0 amide bonds. The summed E-state index contributed by atoms with van der Waals surface area (Å²) in [6, 6.07) is 7.97. The Morgan fingerprint density at radius 3 is 2.63 bits per heavy atom. The van der Waals surface area contributed by atoms with Crippen LogP contribution in [0.5, 0.6) is 0 Å². The Labute approximate surface area is 170 Å². The van der Waals surface area contributed by atoms with Gasteiger partial charge in [0.25, 0.3) is 0 Å². The maximum Gasteiger partial charge on any atom is 0.0953 e. The Balaban J connectivity index is 0.00000210. The molecule has 0 bridgehead atoms. The summed E-state index contributed by atoms with van der Waals surface area (Å²) in [4.78, 5) is 6.81. The van der Waals surface area contributed by atoms with Gasteiger partial charge in [-0.1, -0.05) is 11.6 Å². The largest absolute Gasteiger partial charge is 0.379 e. The average Bonchev–Trinajstić information content (AvgIpc) is 3.32. The highest BCUT2D eigenvalue weighted by Crippen LogP contribution is 2.24. The SMILES string of the molecule is CC(CN1CCOCC1)n1cncc1-c1cnn(-c2ccc(Cl)cc2)c1.Cl. The lowest BCUT2D eigenvalue weighted by atomic mass is 10.2. The van der Waals surface area contributed by atoms with Crippen molar-refractivity contribution in [3.63, 3.8) is 0 Å². The highest BCUT2D eigenvalue weighted by Gasteiger charge is 2.18. The summed E-state index contributed by atoms with van der Waals surface area (Å²) in [5.74, 6) is 0. The molecule has 2 aromatic heterocycles. The summed E-state index contributed by atoms with van der Waals surface area (Å²) in [6.45, 7) is 6.82. The summed E-state index contributed by atoms with van der Waals surface area (Å²) in [5, 5.41) is 5.21. The van der Waals surface area contributed by atoms with Gasteiger partial charge in [0.2, 0.25) is 0 Å². The Morgan fingerprint density at radius 1 is 1.15 bits per heavy atom. The lowest BCUT2D eigenvalue weighted by Crippen LogP contribution is -2.39. The molecular formula is C19H23Cl2N5O. The monoisotopic (exact) mass is 407 g/mol. The van der Waals surface area contributed by atoms with Crippen LogP contribution in [0.3, 0.4) is 0 Å². The van der Waals surface area contributed by atoms with Crippen molar-refractivity contribution in [1.29, 1.82) is 0 Å². The number of rotatable bonds is 5. The third-order valence-corrected chi connectivity index (χ3v) is 4.99. The molecule has 0 spiro atoms. The van der Waals surface area contributed by atoms with E-state index in [0.29, 0.717) is 6.04 Å². The Bertz CT molecular complexity index is 855. The van der Waals surface area contributed by atoms with E-state index in [9.17, 15) is 0 Å². The van der Waals surface area contributed by atoms with Crippen LogP contribution in [0.25, 0.3) is 16.9 Å². The van der Waals surface area contributed by atoms with E-state index in [0.717, 1.165) is 54.8 Å². The van der Waals surface area contributed by atoms with E-state index in [1.807, 2.05) is 53.9 Å². The zero-order chi connectivity index (χ0) is 17.9. The van der Waals surface area contributed by atoms with Crippen LogP contribution in [-0.4, -0.2) is 57.1 Å². The van der Waals surface area contributed by atoms with Gasteiger partial charge in [-0.25, -0.2) is 9.67 Å². The van der Waals surface area contributed by atoms with Crippen molar-refractivity contribution in [2.45, 2.75) is 13.0 Å². The Kier molecular flexibility index (Phi) is 6.55. The van der Waals surface area contributed by atoms with E-state index in [1.165, 1.54) is 0 Å². The van der Waals surface area contributed by atoms with Crippen LogP contribution in [0.15, 0.2) is 49.2 Å². The quantitative estimate of drug-likeness (QED) is 0.646. The highest BCUT2D eigenvalue weighted by molar-refractivity contribution is 6.30. The summed E-state index contributed by atoms with van der Waals surface area (Å²) in [7, 11) is 0. The molecular weight excluding hydrogens is 385 g/mol. The molecule has 3 heterocycles. The number of nitrogens with zero attached hydrogens (tertiary/aromatic N) is 5. The predicted octanol–water partition coefficient (Wildman–Crippen LogP) is 3.70. The fourth-order valence-corrected chi connectivity index (χ4v) is 3.44. The maximum absolute atomic E-state index is 5.97. The second-order valence-electron chi connectivity index (χ2n) is 6.60. The van der Waals surface area contributed by atoms with E-state index in [-0.39, 0.29) is 12.4 Å². The zero-order valence-corrected chi connectivity index (χ0v) is 16.7. The summed E-state index contributed by atoms with van der Waals surface area (Å²) in [6.07, 6.45) is 7.71. The molecule has 0 aliphatic carbocycles. The lowest BCUT2D eigenvalue weighted by Gasteiger charge is -2.30. The van der Waals surface area contributed by atoms with E-state index >= 15 is 0 Å². The second kappa shape index (κ2) is 8.89. The number of halogens is 2. The summed E-state index contributed by atoms with van der Waals surface area (Å²) in [5.41, 5.74) is 3.10. The molecule has 0 radical (unpaired) electrons. The minimum atomic E-state index is 0. The highest BCUT2D eigenvalue weighted by atomic mass is 35.5. The van der Waals surface area contributed by atoms with Crippen molar-refractivity contribution in [2.75, 3.05) is 32.8 Å². The number of morpholine rings is 1. The van der Waals surface area contributed by atoms with E-state index < -0.39 is 0 Å². The van der Waals surface area contributed by atoms with Gasteiger partial charge in [0.1, 0.15) is 0 Å². The second-order valence-corrected chi connectivity index (χ2v) is 7.03. The molecule has 0 saturated carbocycles. The van der Waals surface area contributed by atoms with Gasteiger partial charge < -0.3 is 9.30 Å². The van der Waals surface area contributed by atoms with Gasteiger partial charge in [-0.2, -0.15) is 5.10 Å². The third kappa shape index (κ3) is 4.52. The third-order valence-electron chi connectivity index (χ3n) is 4.74. The predicted molar refractivity (Wildman–Crippen MR) is 109 cm³/mol. The van der Waals surface area contributed by atoms with Gasteiger partial charge in [0.05, 0.1) is 43.3 Å². The number of hydrogen-bond donors (Lipinski definition) is 0. The van der Waals surface area contributed by atoms with Gasteiger partial charge in [0.15, 0.2) is 0 Å². The first-order valence-electron chi connectivity index (χ1n) is 8.83. The number of ether oxygens (including phenoxy) is 1.